The van der Waals surface area contributed by atoms with E-state index in [1.165, 1.54) is 18.0 Å². The molecule has 1 unspecified atom stereocenters. The van der Waals surface area contributed by atoms with Crippen LogP contribution in [0.3, 0.4) is 0 Å². The molecule has 2 aromatic rings. The van der Waals surface area contributed by atoms with E-state index in [4.69, 9.17) is 0 Å². The summed E-state index contributed by atoms with van der Waals surface area (Å²) in [5, 5.41) is 5.81. The lowest BCUT2D eigenvalue weighted by molar-refractivity contribution is 0.0940. The summed E-state index contributed by atoms with van der Waals surface area (Å²) in [4.78, 5) is 20.5. The summed E-state index contributed by atoms with van der Waals surface area (Å²) in [7, 11) is -3.03. The molecule has 7 nitrogen and oxygen atoms in total. The Balaban J connectivity index is 1.60. The SMILES string of the molecule is CC(C)c1ccc(Nc2ncc(C(=O)NC3CCS(=O)(=O)C3)cn2)cc1. The van der Waals surface area contributed by atoms with Crippen molar-refractivity contribution in [1.82, 2.24) is 15.3 Å². The third-order valence-corrected chi connectivity index (χ3v) is 6.08. The van der Waals surface area contributed by atoms with Gasteiger partial charge in [0.15, 0.2) is 9.84 Å². The van der Waals surface area contributed by atoms with E-state index in [-0.39, 0.29) is 23.5 Å². The van der Waals surface area contributed by atoms with Crippen LogP contribution in [0.5, 0.6) is 0 Å². The second-order valence-electron chi connectivity index (χ2n) is 6.77. The van der Waals surface area contributed by atoms with Crippen molar-refractivity contribution >= 4 is 27.4 Å². The molecule has 26 heavy (non-hydrogen) atoms. The van der Waals surface area contributed by atoms with Crippen LogP contribution in [0.1, 0.15) is 42.1 Å². The molecule has 1 saturated heterocycles. The fourth-order valence-corrected chi connectivity index (χ4v) is 4.44. The van der Waals surface area contributed by atoms with Crippen LogP contribution in [0, 0.1) is 0 Å². The predicted octanol–water partition coefficient (Wildman–Crippen LogP) is 2.26. The number of nitrogens with zero attached hydrogens (tertiary/aromatic N) is 2. The minimum absolute atomic E-state index is 0.00832. The molecule has 1 aliphatic heterocycles. The zero-order chi connectivity index (χ0) is 18.7. The molecule has 0 radical (unpaired) electrons. The van der Waals surface area contributed by atoms with Gasteiger partial charge in [0, 0.05) is 24.1 Å². The summed E-state index contributed by atoms with van der Waals surface area (Å²) >= 11 is 0. The zero-order valence-electron chi connectivity index (χ0n) is 14.8. The lowest BCUT2D eigenvalue weighted by Crippen LogP contribution is -2.35. The summed E-state index contributed by atoms with van der Waals surface area (Å²) in [6.45, 7) is 4.27. The first-order chi connectivity index (χ1) is 12.3. The van der Waals surface area contributed by atoms with Gasteiger partial charge in [0.1, 0.15) is 0 Å². The molecular weight excluding hydrogens is 352 g/mol. The highest BCUT2D eigenvalue weighted by Crippen LogP contribution is 2.19. The highest BCUT2D eigenvalue weighted by atomic mass is 32.2. The lowest BCUT2D eigenvalue weighted by atomic mass is 10.0. The lowest BCUT2D eigenvalue weighted by Gasteiger charge is -2.11. The number of carbonyl (C=O) groups is 1. The zero-order valence-corrected chi connectivity index (χ0v) is 15.6. The van der Waals surface area contributed by atoms with Crippen molar-refractivity contribution in [2.45, 2.75) is 32.2 Å². The maximum atomic E-state index is 12.2. The monoisotopic (exact) mass is 374 g/mol. The van der Waals surface area contributed by atoms with E-state index >= 15 is 0 Å². The topological polar surface area (TPSA) is 101 Å². The van der Waals surface area contributed by atoms with Crippen molar-refractivity contribution in [2.75, 3.05) is 16.8 Å². The van der Waals surface area contributed by atoms with Gasteiger partial charge in [-0.25, -0.2) is 18.4 Å². The standard InChI is InChI=1S/C18H22N4O3S/c1-12(2)13-3-5-15(6-4-13)22-18-19-9-14(10-20-18)17(23)21-16-7-8-26(24,25)11-16/h3-6,9-10,12,16H,7-8,11H2,1-2H3,(H,21,23)(H,19,20,22). The van der Waals surface area contributed by atoms with Gasteiger partial charge in [-0.1, -0.05) is 26.0 Å². The van der Waals surface area contributed by atoms with Crippen LogP contribution in [-0.4, -0.2) is 41.8 Å². The maximum Gasteiger partial charge on any atom is 0.254 e. The van der Waals surface area contributed by atoms with E-state index < -0.39 is 9.84 Å². The minimum atomic E-state index is -3.03. The van der Waals surface area contributed by atoms with Gasteiger partial charge < -0.3 is 10.6 Å². The van der Waals surface area contributed by atoms with Gasteiger partial charge in [0.05, 0.1) is 17.1 Å². The van der Waals surface area contributed by atoms with Crippen molar-refractivity contribution < 1.29 is 13.2 Å². The molecule has 1 amide bonds. The maximum absolute atomic E-state index is 12.2. The Morgan fingerprint density at radius 1 is 1.15 bits per heavy atom. The predicted molar refractivity (Wildman–Crippen MR) is 100 cm³/mol. The summed E-state index contributed by atoms with van der Waals surface area (Å²) < 4.78 is 22.9. The van der Waals surface area contributed by atoms with Crippen molar-refractivity contribution in [3.63, 3.8) is 0 Å². The highest BCUT2D eigenvalue weighted by Gasteiger charge is 2.29. The van der Waals surface area contributed by atoms with E-state index in [1.807, 2.05) is 24.3 Å². The Morgan fingerprint density at radius 2 is 1.81 bits per heavy atom. The second-order valence-corrected chi connectivity index (χ2v) is 9.00. The number of nitrogens with one attached hydrogen (secondary N) is 2. The fourth-order valence-electron chi connectivity index (χ4n) is 2.77. The Hall–Kier alpha value is -2.48. The van der Waals surface area contributed by atoms with Gasteiger partial charge in [0.25, 0.3) is 5.91 Å². The van der Waals surface area contributed by atoms with Crippen molar-refractivity contribution in [3.05, 3.63) is 47.8 Å². The number of carbonyl (C=O) groups excluding carboxylic acids is 1. The fraction of sp³-hybridized carbons (Fsp3) is 0.389. The Bertz CT molecular complexity index is 878. The third kappa shape index (κ3) is 4.57. The van der Waals surface area contributed by atoms with E-state index in [0.29, 0.717) is 23.9 Å². The van der Waals surface area contributed by atoms with Crippen LogP contribution < -0.4 is 10.6 Å². The number of hydrogen-bond acceptors (Lipinski definition) is 6. The largest absolute Gasteiger partial charge is 0.348 e. The number of sulfone groups is 1. The first-order valence-corrected chi connectivity index (χ1v) is 10.3. The molecule has 0 aliphatic carbocycles. The first-order valence-electron chi connectivity index (χ1n) is 8.53. The second kappa shape index (κ2) is 7.41. The molecule has 1 atom stereocenters. The number of hydrogen-bond donors (Lipinski definition) is 2. The number of benzene rings is 1. The van der Waals surface area contributed by atoms with Gasteiger partial charge in [0.2, 0.25) is 5.95 Å². The van der Waals surface area contributed by atoms with Crippen LogP contribution in [0.25, 0.3) is 0 Å². The molecular formula is C18H22N4O3S. The van der Waals surface area contributed by atoms with Crippen molar-refractivity contribution in [1.29, 1.82) is 0 Å². The molecule has 1 fully saturated rings. The Morgan fingerprint density at radius 3 is 2.35 bits per heavy atom. The molecule has 1 aromatic carbocycles. The van der Waals surface area contributed by atoms with Gasteiger partial charge in [-0.3, -0.25) is 4.79 Å². The average molecular weight is 374 g/mol. The Labute approximate surface area is 153 Å². The minimum Gasteiger partial charge on any atom is -0.348 e. The third-order valence-electron chi connectivity index (χ3n) is 4.32. The number of aromatic nitrogens is 2. The van der Waals surface area contributed by atoms with Crippen LogP contribution in [0.15, 0.2) is 36.7 Å². The van der Waals surface area contributed by atoms with E-state index in [0.717, 1.165) is 5.69 Å². The summed E-state index contributed by atoms with van der Waals surface area (Å²) in [5.41, 5.74) is 2.41. The highest BCUT2D eigenvalue weighted by molar-refractivity contribution is 7.91. The van der Waals surface area contributed by atoms with Crippen LogP contribution in [0.2, 0.25) is 0 Å². The van der Waals surface area contributed by atoms with E-state index in [9.17, 15) is 13.2 Å². The smallest absolute Gasteiger partial charge is 0.254 e. The van der Waals surface area contributed by atoms with Crippen molar-refractivity contribution in [3.8, 4) is 0 Å². The number of rotatable bonds is 5. The molecule has 8 heteroatoms. The van der Waals surface area contributed by atoms with Crippen molar-refractivity contribution in [2.24, 2.45) is 0 Å². The molecule has 138 valence electrons. The van der Waals surface area contributed by atoms with E-state index in [2.05, 4.69) is 34.4 Å². The number of anilines is 2. The Kier molecular flexibility index (Phi) is 5.22. The summed E-state index contributed by atoms with van der Waals surface area (Å²) in [6.07, 6.45) is 3.30. The molecule has 0 saturated carbocycles. The normalized spacial score (nSPS) is 18.7. The van der Waals surface area contributed by atoms with Crippen LogP contribution in [-0.2, 0) is 9.84 Å². The molecule has 0 bridgehead atoms. The van der Waals surface area contributed by atoms with Gasteiger partial charge in [-0.05, 0) is 30.0 Å². The first kappa shape index (κ1) is 18.3. The quantitative estimate of drug-likeness (QED) is 0.832. The van der Waals surface area contributed by atoms with Crippen LogP contribution in [0.4, 0.5) is 11.6 Å². The summed E-state index contributed by atoms with van der Waals surface area (Å²) in [6, 6.07) is 7.67. The van der Waals surface area contributed by atoms with Crippen LogP contribution >= 0.6 is 0 Å². The average Bonchev–Trinajstić information content (AvgIpc) is 2.94. The molecule has 1 aromatic heterocycles. The molecule has 0 spiro atoms. The number of amides is 1. The van der Waals surface area contributed by atoms with Gasteiger partial charge in [-0.15, -0.1) is 0 Å². The molecule has 1 aliphatic rings. The van der Waals surface area contributed by atoms with Gasteiger partial charge in [-0.2, -0.15) is 0 Å². The summed E-state index contributed by atoms with van der Waals surface area (Å²) in [5.74, 6) is 0.605. The molecule has 2 heterocycles. The molecule has 2 N–H and O–H groups in total. The van der Waals surface area contributed by atoms with Gasteiger partial charge >= 0.3 is 0 Å². The van der Waals surface area contributed by atoms with E-state index in [1.54, 1.807) is 0 Å². The molecule has 3 rings (SSSR count).